The lowest BCUT2D eigenvalue weighted by Crippen LogP contribution is -2.52. The van der Waals surface area contributed by atoms with E-state index in [4.69, 9.17) is 0 Å². The van der Waals surface area contributed by atoms with E-state index < -0.39 is 0 Å². The maximum atomic E-state index is 12.6. The molecule has 25 heavy (non-hydrogen) atoms. The highest BCUT2D eigenvalue weighted by molar-refractivity contribution is 5.83. The van der Waals surface area contributed by atoms with Crippen molar-refractivity contribution in [1.29, 1.82) is 0 Å². The van der Waals surface area contributed by atoms with Gasteiger partial charge < -0.3 is 10.2 Å². The number of carbonyl (C=O) groups excluding carboxylic acids is 2. The summed E-state index contributed by atoms with van der Waals surface area (Å²) in [7, 11) is 0. The standard InChI is InChI=1S/C20H33N3O2/c1-14-4-2-5-15(12-14)21-18(24)13-22-8-10-23(11-9-22)20(25)19-16-6-3-7-17(16)19/h14-17,19H,2-13H2,1H3,(H,21,24)/t14-,15-,16-,17+,19?/m0/s1. The largest absolute Gasteiger partial charge is 0.352 e. The normalized spacial score (nSPS) is 38.3. The van der Waals surface area contributed by atoms with Crippen LogP contribution in [0.4, 0.5) is 0 Å². The maximum absolute atomic E-state index is 12.6. The summed E-state index contributed by atoms with van der Waals surface area (Å²) in [6, 6.07) is 0.369. The Hall–Kier alpha value is -1.10. The van der Waals surface area contributed by atoms with Crippen molar-refractivity contribution < 1.29 is 9.59 Å². The van der Waals surface area contributed by atoms with Crippen molar-refractivity contribution in [3.05, 3.63) is 0 Å². The van der Waals surface area contributed by atoms with E-state index in [0.29, 0.717) is 36.2 Å². The van der Waals surface area contributed by atoms with Crippen molar-refractivity contribution in [2.75, 3.05) is 32.7 Å². The quantitative estimate of drug-likeness (QED) is 0.845. The predicted molar refractivity (Wildman–Crippen MR) is 96.9 cm³/mol. The van der Waals surface area contributed by atoms with Crippen LogP contribution >= 0.6 is 0 Å². The molecule has 1 heterocycles. The van der Waals surface area contributed by atoms with Crippen molar-refractivity contribution in [1.82, 2.24) is 15.1 Å². The number of rotatable bonds is 4. The number of fused-ring (bicyclic) bond motifs is 1. The maximum Gasteiger partial charge on any atom is 0.234 e. The monoisotopic (exact) mass is 347 g/mol. The molecule has 1 aliphatic heterocycles. The zero-order valence-electron chi connectivity index (χ0n) is 15.6. The number of carbonyl (C=O) groups is 2. The van der Waals surface area contributed by atoms with E-state index in [1.165, 1.54) is 32.1 Å². The molecule has 1 unspecified atom stereocenters. The van der Waals surface area contributed by atoms with Gasteiger partial charge in [-0.15, -0.1) is 0 Å². The summed E-state index contributed by atoms with van der Waals surface area (Å²) in [5.74, 6) is 3.04. The van der Waals surface area contributed by atoms with Crippen LogP contribution in [0.15, 0.2) is 0 Å². The first-order valence-corrected chi connectivity index (χ1v) is 10.4. The minimum absolute atomic E-state index is 0.163. The molecule has 4 aliphatic rings. The lowest BCUT2D eigenvalue weighted by Gasteiger charge is -2.35. The Bertz CT molecular complexity index is 505. The highest BCUT2D eigenvalue weighted by Gasteiger charge is 2.57. The van der Waals surface area contributed by atoms with E-state index in [1.54, 1.807) is 0 Å². The van der Waals surface area contributed by atoms with E-state index in [9.17, 15) is 9.59 Å². The van der Waals surface area contributed by atoms with Crippen LogP contribution in [0.2, 0.25) is 0 Å². The second-order valence-corrected chi connectivity index (χ2v) is 8.92. The number of hydrogen-bond acceptors (Lipinski definition) is 3. The molecule has 0 aromatic carbocycles. The molecule has 0 spiro atoms. The third-order valence-corrected chi connectivity index (χ3v) is 7.04. The van der Waals surface area contributed by atoms with E-state index in [-0.39, 0.29) is 5.91 Å². The Kier molecular flexibility index (Phi) is 5.03. The fourth-order valence-corrected chi connectivity index (χ4v) is 5.57. The van der Waals surface area contributed by atoms with E-state index in [1.807, 2.05) is 0 Å². The van der Waals surface area contributed by atoms with Crippen LogP contribution in [-0.2, 0) is 9.59 Å². The van der Waals surface area contributed by atoms with Gasteiger partial charge in [0.05, 0.1) is 6.54 Å². The Labute approximate surface area is 151 Å². The molecule has 140 valence electrons. The SMILES string of the molecule is C[C@H]1CCC[C@H](NC(=O)CN2CCN(C(=O)C3[C@H]4CCC[C@@H]34)CC2)C1. The Morgan fingerprint density at radius 1 is 0.960 bits per heavy atom. The van der Waals surface area contributed by atoms with Crippen molar-refractivity contribution in [3.63, 3.8) is 0 Å². The number of nitrogens with one attached hydrogen (secondary N) is 1. The van der Waals surface area contributed by atoms with E-state index in [0.717, 1.165) is 44.9 Å². The van der Waals surface area contributed by atoms with Gasteiger partial charge in [-0.1, -0.05) is 26.2 Å². The summed E-state index contributed by atoms with van der Waals surface area (Å²) in [5, 5.41) is 3.22. The van der Waals surface area contributed by atoms with Crippen LogP contribution in [0.5, 0.6) is 0 Å². The van der Waals surface area contributed by atoms with Crippen LogP contribution in [-0.4, -0.2) is 60.4 Å². The molecule has 1 N–H and O–H groups in total. The Morgan fingerprint density at radius 2 is 1.64 bits per heavy atom. The topological polar surface area (TPSA) is 52.7 Å². The molecule has 0 radical (unpaired) electrons. The fraction of sp³-hybridized carbons (Fsp3) is 0.900. The first kappa shape index (κ1) is 17.3. The van der Waals surface area contributed by atoms with Crippen molar-refractivity contribution in [2.24, 2.45) is 23.7 Å². The van der Waals surface area contributed by atoms with Gasteiger partial charge in [-0.25, -0.2) is 0 Å². The molecule has 3 saturated carbocycles. The minimum Gasteiger partial charge on any atom is -0.352 e. The number of piperazine rings is 1. The van der Waals surface area contributed by atoms with Gasteiger partial charge in [0.15, 0.2) is 0 Å². The first-order chi connectivity index (χ1) is 12.1. The molecular formula is C20H33N3O2. The lowest BCUT2D eigenvalue weighted by molar-refractivity contribution is -0.135. The molecular weight excluding hydrogens is 314 g/mol. The fourth-order valence-electron chi connectivity index (χ4n) is 5.57. The van der Waals surface area contributed by atoms with Crippen molar-refractivity contribution in [2.45, 2.75) is 57.9 Å². The number of nitrogens with zero attached hydrogens (tertiary/aromatic N) is 2. The minimum atomic E-state index is 0.163. The van der Waals surface area contributed by atoms with Gasteiger partial charge in [-0.2, -0.15) is 0 Å². The second-order valence-electron chi connectivity index (χ2n) is 8.92. The van der Waals surface area contributed by atoms with Crippen LogP contribution in [0.3, 0.4) is 0 Å². The van der Waals surface area contributed by atoms with Gasteiger partial charge >= 0.3 is 0 Å². The van der Waals surface area contributed by atoms with Gasteiger partial charge in [0.1, 0.15) is 0 Å². The van der Waals surface area contributed by atoms with Crippen molar-refractivity contribution in [3.8, 4) is 0 Å². The molecule has 4 rings (SSSR count). The Morgan fingerprint density at radius 3 is 2.32 bits per heavy atom. The zero-order valence-corrected chi connectivity index (χ0v) is 15.6. The molecule has 1 saturated heterocycles. The molecule has 4 fully saturated rings. The second kappa shape index (κ2) is 7.26. The van der Waals surface area contributed by atoms with Gasteiger partial charge in [0, 0.05) is 38.1 Å². The molecule has 0 aromatic rings. The average molecular weight is 348 g/mol. The molecule has 5 heteroatoms. The molecule has 0 bridgehead atoms. The van der Waals surface area contributed by atoms with Gasteiger partial charge in [0.25, 0.3) is 0 Å². The van der Waals surface area contributed by atoms with Gasteiger partial charge in [0.2, 0.25) is 11.8 Å². The van der Waals surface area contributed by atoms with Crippen LogP contribution < -0.4 is 5.32 Å². The molecule has 5 nitrogen and oxygen atoms in total. The number of hydrogen-bond donors (Lipinski definition) is 1. The summed E-state index contributed by atoms with van der Waals surface area (Å²) < 4.78 is 0. The average Bonchev–Trinajstić information content (AvgIpc) is 3.06. The highest BCUT2D eigenvalue weighted by Crippen LogP contribution is 2.58. The van der Waals surface area contributed by atoms with Crippen molar-refractivity contribution >= 4 is 11.8 Å². The van der Waals surface area contributed by atoms with Crippen LogP contribution in [0, 0.1) is 23.7 Å². The smallest absolute Gasteiger partial charge is 0.234 e. The first-order valence-electron chi connectivity index (χ1n) is 10.4. The van der Waals surface area contributed by atoms with E-state index in [2.05, 4.69) is 22.0 Å². The summed E-state index contributed by atoms with van der Waals surface area (Å²) >= 11 is 0. The predicted octanol–water partition coefficient (Wildman–Crippen LogP) is 1.87. The molecule has 2 amide bonds. The van der Waals surface area contributed by atoms with Gasteiger partial charge in [-0.05, 0) is 43.4 Å². The summed E-state index contributed by atoms with van der Waals surface area (Å²) in [4.78, 5) is 29.2. The van der Waals surface area contributed by atoms with E-state index >= 15 is 0 Å². The highest BCUT2D eigenvalue weighted by atomic mass is 16.2. The summed E-state index contributed by atoms with van der Waals surface area (Å²) in [6.45, 7) is 6.03. The number of amides is 2. The van der Waals surface area contributed by atoms with Crippen LogP contribution in [0.1, 0.15) is 51.9 Å². The summed E-state index contributed by atoms with van der Waals surface area (Å²) in [6.07, 6.45) is 8.63. The third kappa shape index (κ3) is 3.86. The summed E-state index contributed by atoms with van der Waals surface area (Å²) in [5.41, 5.74) is 0. The molecule has 0 aromatic heterocycles. The van der Waals surface area contributed by atoms with Crippen LogP contribution in [0.25, 0.3) is 0 Å². The molecule has 3 aliphatic carbocycles. The lowest BCUT2D eigenvalue weighted by atomic mass is 9.87. The third-order valence-electron chi connectivity index (χ3n) is 7.04. The zero-order chi connectivity index (χ0) is 17.4. The van der Waals surface area contributed by atoms with Gasteiger partial charge in [-0.3, -0.25) is 14.5 Å². The Balaban J connectivity index is 1.17. The molecule has 5 atom stereocenters.